The highest BCUT2D eigenvalue weighted by atomic mass is 32.2. The van der Waals surface area contributed by atoms with E-state index in [1.165, 1.54) is 31.0 Å². The number of carbonyl (C=O) groups is 1. The van der Waals surface area contributed by atoms with Crippen molar-refractivity contribution in [2.24, 2.45) is 0 Å². The summed E-state index contributed by atoms with van der Waals surface area (Å²) in [6.07, 6.45) is 5.60. The molecule has 0 radical (unpaired) electrons. The van der Waals surface area contributed by atoms with Crippen molar-refractivity contribution in [1.29, 1.82) is 0 Å². The van der Waals surface area contributed by atoms with Crippen LogP contribution in [0.4, 0.5) is 5.82 Å². The highest BCUT2D eigenvalue weighted by molar-refractivity contribution is 8.26. The number of hydrogen-bond donors (Lipinski definition) is 0. The van der Waals surface area contributed by atoms with Gasteiger partial charge in [-0.1, -0.05) is 42.2 Å². The van der Waals surface area contributed by atoms with Gasteiger partial charge in [0.25, 0.3) is 5.91 Å². The second-order valence-electron chi connectivity index (χ2n) is 7.04. The molecule has 0 saturated carbocycles. The summed E-state index contributed by atoms with van der Waals surface area (Å²) in [5.74, 6) is 1.07. The predicted octanol–water partition coefficient (Wildman–Crippen LogP) is 4.39. The van der Waals surface area contributed by atoms with E-state index >= 15 is 0 Å². The fourth-order valence-corrected chi connectivity index (χ4v) is 5.13. The van der Waals surface area contributed by atoms with Crippen LogP contribution < -0.4 is 4.90 Å². The lowest BCUT2D eigenvalue weighted by Gasteiger charge is -2.30. The third kappa shape index (κ3) is 3.49. The van der Waals surface area contributed by atoms with E-state index in [1.807, 2.05) is 42.8 Å². The molecule has 4 rings (SSSR count). The number of aryl methyl sites for hydroxylation is 1. The second kappa shape index (κ2) is 8.09. The number of thioether (sulfide) groups is 1. The second-order valence-corrected chi connectivity index (χ2v) is 8.72. The largest absolute Gasteiger partial charge is 0.356 e. The van der Waals surface area contributed by atoms with E-state index in [0.29, 0.717) is 15.8 Å². The molecule has 0 aliphatic carbocycles. The summed E-state index contributed by atoms with van der Waals surface area (Å²) in [5, 5.41) is 4.84. The van der Waals surface area contributed by atoms with Crippen molar-refractivity contribution in [3.8, 4) is 5.69 Å². The maximum Gasteiger partial charge on any atom is 0.266 e. The number of rotatable bonds is 4. The van der Waals surface area contributed by atoms with Gasteiger partial charge in [-0.2, -0.15) is 5.10 Å². The minimum atomic E-state index is -0.00560. The van der Waals surface area contributed by atoms with Crippen LogP contribution in [0.15, 0.2) is 35.2 Å². The van der Waals surface area contributed by atoms with Gasteiger partial charge in [0.1, 0.15) is 10.1 Å². The molecular formula is C21H24N4OS2. The van der Waals surface area contributed by atoms with E-state index in [0.717, 1.165) is 35.9 Å². The van der Waals surface area contributed by atoms with Crippen LogP contribution in [-0.2, 0) is 4.79 Å². The smallest absolute Gasteiger partial charge is 0.266 e. The number of likely N-dealkylation sites (N-methyl/N-ethyl adjacent to an activating group) is 1. The van der Waals surface area contributed by atoms with Crippen molar-refractivity contribution >= 4 is 46.1 Å². The van der Waals surface area contributed by atoms with Gasteiger partial charge in [0.15, 0.2) is 0 Å². The van der Waals surface area contributed by atoms with Crippen LogP contribution in [-0.4, -0.2) is 44.5 Å². The lowest BCUT2D eigenvalue weighted by Crippen LogP contribution is -2.31. The van der Waals surface area contributed by atoms with E-state index in [9.17, 15) is 4.79 Å². The maximum absolute atomic E-state index is 12.7. The Balaban J connectivity index is 1.83. The Morgan fingerprint density at radius 3 is 2.54 bits per heavy atom. The number of amides is 1. The Morgan fingerprint density at radius 2 is 1.89 bits per heavy atom. The van der Waals surface area contributed by atoms with Crippen molar-refractivity contribution in [2.45, 2.75) is 33.1 Å². The fraction of sp³-hybridized carbons (Fsp3) is 0.381. The number of piperidine rings is 1. The molecule has 5 nitrogen and oxygen atoms in total. The molecule has 0 unspecified atom stereocenters. The number of nitrogens with zero attached hydrogens (tertiary/aromatic N) is 4. The van der Waals surface area contributed by atoms with Gasteiger partial charge in [0.05, 0.1) is 16.3 Å². The lowest BCUT2D eigenvalue weighted by atomic mass is 10.1. The fourth-order valence-electron chi connectivity index (χ4n) is 3.76. The Bertz CT molecular complexity index is 929. The zero-order valence-corrected chi connectivity index (χ0v) is 17.9. The topological polar surface area (TPSA) is 41.4 Å². The number of hydrogen-bond acceptors (Lipinski definition) is 5. The Kier molecular flexibility index (Phi) is 5.55. The molecule has 1 aromatic heterocycles. The third-order valence-corrected chi connectivity index (χ3v) is 6.58. The van der Waals surface area contributed by atoms with Gasteiger partial charge < -0.3 is 4.90 Å². The van der Waals surface area contributed by atoms with Crippen LogP contribution in [0.1, 0.15) is 37.4 Å². The molecule has 2 saturated heterocycles. The van der Waals surface area contributed by atoms with Crippen LogP contribution in [0.3, 0.4) is 0 Å². The van der Waals surface area contributed by atoms with Gasteiger partial charge >= 0.3 is 0 Å². The quantitative estimate of drug-likeness (QED) is 0.550. The van der Waals surface area contributed by atoms with Gasteiger partial charge in [0.2, 0.25) is 0 Å². The molecule has 7 heteroatoms. The van der Waals surface area contributed by atoms with Gasteiger partial charge in [-0.05, 0) is 51.3 Å². The minimum absolute atomic E-state index is 0.00560. The van der Waals surface area contributed by atoms with Crippen LogP contribution >= 0.6 is 24.0 Å². The first-order chi connectivity index (χ1) is 13.6. The molecule has 2 aliphatic heterocycles. The summed E-state index contributed by atoms with van der Waals surface area (Å²) in [5.41, 5.74) is 2.97. The maximum atomic E-state index is 12.7. The summed E-state index contributed by atoms with van der Waals surface area (Å²) in [6, 6.07) is 10.2. The van der Waals surface area contributed by atoms with Gasteiger partial charge in [-0.15, -0.1) is 0 Å². The third-order valence-electron chi connectivity index (χ3n) is 5.20. The van der Waals surface area contributed by atoms with Gasteiger partial charge in [-0.25, -0.2) is 4.68 Å². The minimum Gasteiger partial charge on any atom is -0.356 e. The first-order valence-corrected chi connectivity index (χ1v) is 11.0. The zero-order chi connectivity index (χ0) is 19.7. The number of aromatic nitrogens is 2. The summed E-state index contributed by atoms with van der Waals surface area (Å²) in [4.78, 5) is 17.5. The zero-order valence-electron chi connectivity index (χ0n) is 16.2. The first-order valence-electron chi connectivity index (χ1n) is 9.75. The van der Waals surface area contributed by atoms with Gasteiger partial charge in [0, 0.05) is 25.2 Å². The molecule has 0 atom stereocenters. The van der Waals surface area contributed by atoms with Crippen LogP contribution in [0.2, 0.25) is 0 Å². The van der Waals surface area contributed by atoms with Gasteiger partial charge in [-0.3, -0.25) is 9.69 Å². The molecule has 146 valence electrons. The molecule has 2 aliphatic rings. The van der Waals surface area contributed by atoms with Crippen molar-refractivity contribution in [2.75, 3.05) is 24.5 Å². The average molecular weight is 413 g/mol. The molecule has 0 bridgehead atoms. The molecule has 0 N–H and O–H groups in total. The van der Waals surface area contributed by atoms with Crippen LogP contribution in [0, 0.1) is 6.92 Å². The molecule has 2 fully saturated rings. The summed E-state index contributed by atoms with van der Waals surface area (Å²) in [6.45, 7) is 6.58. The summed E-state index contributed by atoms with van der Waals surface area (Å²) in [7, 11) is 0. The van der Waals surface area contributed by atoms with E-state index in [1.54, 1.807) is 4.90 Å². The van der Waals surface area contributed by atoms with E-state index in [-0.39, 0.29) is 5.91 Å². The Morgan fingerprint density at radius 1 is 1.18 bits per heavy atom. The van der Waals surface area contributed by atoms with E-state index in [2.05, 4.69) is 17.0 Å². The highest BCUT2D eigenvalue weighted by Crippen LogP contribution is 2.37. The monoisotopic (exact) mass is 412 g/mol. The lowest BCUT2D eigenvalue weighted by molar-refractivity contribution is -0.121. The number of anilines is 1. The van der Waals surface area contributed by atoms with Crippen molar-refractivity contribution in [1.82, 2.24) is 14.7 Å². The standard InChI is InChI=1S/C21H24N4OS2/c1-3-24-20(26)18(28-21(24)27)14-17-15(2)22-25(16-10-6-4-7-11-16)19(17)23-12-8-5-9-13-23/h4,6-7,10-11,14H,3,5,8-9,12-13H2,1-2H3/b18-14+. The molecule has 3 heterocycles. The molecule has 2 aromatic rings. The average Bonchev–Trinajstić information content (AvgIpc) is 3.19. The molecule has 0 spiro atoms. The number of thiocarbonyl (C=S) groups is 1. The predicted molar refractivity (Wildman–Crippen MR) is 120 cm³/mol. The van der Waals surface area contributed by atoms with E-state index < -0.39 is 0 Å². The van der Waals surface area contributed by atoms with Crippen molar-refractivity contribution in [3.05, 3.63) is 46.5 Å². The molecule has 1 aromatic carbocycles. The number of carbonyl (C=O) groups excluding carboxylic acids is 1. The number of benzene rings is 1. The van der Waals surface area contributed by atoms with Crippen molar-refractivity contribution in [3.63, 3.8) is 0 Å². The van der Waals surface area contributed by atoms with E-state index in [4.69, 9.17) is 17.3 Å². The number of para-hydroxylation sites is 1. The Hall–Kier alpha value is -2.12. The normalized spacial score (nSPS) is 19.1. The molecular weight excluding hydrogens is 388 g/mol. The summed E-state index contributed by atoms with van der Waals surface area (Å²) < 4.78 is 2.65. The SMILES string of the molecule is CCN1C(=O)/C(=C\c2c(C)nn(-c3ccccc3)c2N2CCCCC2)SC1=S. The van der Waals surface area contributed by atoms with Crippen LogP contribution in [0.25, 0.3) is 11.8 Å². The van der Waals surface area contributed by atoms with Crippen molar-refractivity contribution < 1.29 is 4.79 Å². The van der Waals surface area contributed by atoms with Crippen LogP contribution in [0.5, 0.6) is 0 Å². The first kappa shape index (κ1) is 19.2. The summed E-state index contributed by atoms with van der Waals surface area (Å²) >= 11 is 6.76. The molecule has 1 amide bonds. The molecule has 28 heavy (non-hydrogen) atoms. The Labute approximate surface area is 175 Å². The highest BCUT2D eigenvalue weighted by Gasteiger charge is 2.32.